The van der Waals surface area contributed by atoms with E-state index in [4.69, 9.17) is 14.4 Å². The fourth-order valence-corrected chi connectivity index (χ4v) is 2.45. The third-order valence-corrected chi connectivity index (χ3v) is 3.38. The number of carbonyl (C=O) groups is 1. The van der Waals surface area contributed by atoms with Gasteiger partial charge in [0.15, 0.2) is 6.61 Å². The van der Waals surface area contributed by atoms with Crippen molar-refractivity contribution in [1.82, 2.24) is 0 Å². The van der Waals surface area contributed by atoms with E-state index in [0.29, 0.717) is 5.39 Å². The lowest BCUT2D eigenvalue weighted by Gasteiger charge is -2.09. The van der Waals surface area contributed by atoms with Gasteiger partial charge in [0.05, 0.1) is 0 Å². The summed E-state index contributed by atoms with van der Waals surface area (Å²) in [7, 11) is -4.35. The average molecular weight is 282 g/mol. The summed E-state index contributed by atoms with van der Waals surface area (Å²) in [6, 6.07) is 8.85. The van der Waals surface area contributed by atoms with E-state index < -0.39 is 22.7 Å². The van der Waals surface area contributed by atoms with Crippen LogP contribution in [0.5, 0.6) is 5.75 Å². The van der Waals surface area contributed by atoms with E-state index in [1.807, 2.05) is 0 Å². The Labute approximate surface area is 109 Å². The summed E-state index contributed by atoms with van der Waals surface area (Å²) >= 11 is 0. The molecule has 0 bridgehead atoms. The lowest BCUT2D eigenvalue weighted by Crippen LogP contribution is -2.09. The van der Waals surface area contributed by atoms with Crippen molar-refractivity contribution < 1.29 is 27.6 Å². The van der Waals surface area contributed by atoms with Crippen molar-refractivity contribution in [3.8, 4) is 5.75 Å². The van der Waals surface area contributed by atoms with Crippen LogP contribution in [0.25, 0.3) is 10.8 Å². The Kier molecular flexibility index (Phi) is 3.41. The summed E-state index contributed by atoms with van der Waals surface area (Å²) in [5.41, 5.74) is 0. The third-order valence-electron chi connectivity index (χ3n) is 2.47. The minimum absolute atomic E-state index is 0.241. The van der Waals surface area contributed by atoms with Crippen molar-refractivity contribution in [2.24, 2.45) is 0 Å². The SMILES string of the molecule is O=C(O)COc1cccc2c(S(=O)(=O)O)cccc12. The van der Waals surface area contributed by atoms with Crippen LogP contribution >= 0.6 is 0 Å². The Morgan fingerprint density at radius 3 is 2.37 bits per heavy atom. The molecule has 0 unspecified atom stereocenters. The molecule has 0 aliphatic heterocycles. The van der Waals surface area contributed by atoms with Crippen LogP contribution in [0.3, 0.4) is 0 Å². The first-order valence-corrected chi connectivity index (χ1v) is 6.67. The van der Waals surface area contributed by atoms with Gasteiger partial charge >= 0.3 is 5.97 Å². The summed E-state index contributed by atoms with van der Waals surface area (Å²) in [5, 5.41) is 9.26. The smallest absolute Gasteiger partial charge is 0.341 e. The molecule has 2 N–H and O–H groups in total. The fourth-order valence-electron chi connectivity index (χ4n) is 1.74. The molecule has 2 aromatic rings. The molecular weight excluding hydrogens is 272 g/mol. The van der Waals surface area contributed by atoms with Crippen molar-refractivity contribution in [3.05, 3.63) is 36.4 Å². The molecule has 0 spiro atoms. The summed E-state index contributed by atoms with van der Waals surface area (Å²) in [4.78, 5) is 10.2. The number of benzene rings is 2. The van der Waals surface area contributed by atoms with Crippen molar-refractivity contribution >= 4 is 26.9 Å². The first-order valence-electron chi connectivity index (χ1n) is 5.23. The molecule has 0 heterocycles. The van der Waals surface area contributed by atoms with E-state index in [2.05, 4.69) is 0 Å². The fraction of sp³-hybridized carbons (Fsp3) is 0.0833. The lowest BCUT2D eigenvalue weighted by atomic mass is 10.1. The van der Waals surface area contributed by atoms with Crippen LogP contribution in [0.2, 0.25) is 0 Å². The quantitative estimate of drug-likeness (QED) is 0.825. The van der Waals surface area contributed by atoms with Gasteiger partial charge in [0.1, 0.15) is 10.6 Å². The molecule has 0 radical (unpaired) electrons. The topological polar surface area (TPSA) is 101 Å². The molecule has 0 fully saturated rings. The van der Waals surface area contributed by atoms with Crippen LogP contribution in [0.15, 0.2) is 41.3 Å². The van der Waals surface area contributed by atoms with Crippen LogP contribution in [-0.4, -0.2) is 30.7 Å². The van der Waals surface area contributed by atoms with Gasteiger partial charge in [-0.2, -0.15) is 8.42 Å². The van der Waals surface area contributed by atoms with Crippen LogP contribution in [0, 0.1) is 0 Å². The maximum absolute atomic E-state index is 11.2. The first-order chi connectivity index (χ1) is 8.89. The predicted octanol–water partition coefficient (Wildman–Crippen LogP) is 1.55. The van der Waals surface area contributed by atoms with Gasteiger partial charge in [0.2, 0.25) is 0 Å². The standard InChI is InChI=1S/C12H10O6S/c13-12(14)7-18-10-5-1-4-9-8(10)3-2-6-11(9)19(15,16)17/h1-6H,7H2,(H,13,14)(H,15,16,17). The van der Waals surface area contributed by atoms with Gasteiger partial charge in [-0.1, -0.05) is 24.3 Å². The zero-order valence-electron chi connectivity index (χ0n) is 9.61. The maximum atomic E-state index is 11.2. The van der Waals surface area contributed by atoms with Gasteiger partial charge in [-0.15, -0.1) is 0 Å². The second kappa shape index (κ2) is 4.87. The lowest BCUT2D eigenvalue weighted by molar-refractivity contribution is -0.139. The van der Waals surface area contributed by atoms with Crippen LogP contribution < -0.4 is 4.74 Å². The highest BCUT2D eigenvalue weighted by molar-refractivity contribution is 7.86. The van der Waals surface area contributed by atoms with Gasteiger partial charge in [-0.3, -0.25) is 4.55 Å². The van der Waals surface area contributed by atoms with Crippen LogP contribution in [-0.2, 0) is 14.9 Å². The third kappa shape index (κ3) is 2.83. The van der Waals surface area contributed by atoms with E-state index in [0.717, 1.165) is 0 Å². The monoisotopic (exact) mass is 282 g/mol. The number of carboxylic acid groups (broad SMARTS) is 1. The van der Waals surface area contributed by atoms with Crippen molar-refractivity contribution in [3.63, 3.8) is 0 Å². The van der Waals surface area contributed by atoms with Crippen molar-refractivity contribution in [2.45, 2.75) is 4.90 Å². The molecule has 0 amide bonds. The second-order valence-corrected chi connectivity index (χ2v) is 5.15. The highest BCUT2D eigenvalue weighted by Crippen LogP contribution is 2.30. The molecule has 0 aliphatic rings. The Morgan fingerprint density at radius 1 is 1.11 bits per heavy atom. The predicted molar refractivity (Wildman–Crippen MR) is 66.9 cm³/mol. The largest absolute Gasteiger partial charge is 0.481 e. The van der Waals surface area contributed by atoms with Crippen molar-refractivity contribution in [2.75, 3.05) is 6.61 Å². The molecule has 0 aliphatic carbocycles. The maximum Gasteiger partial charge on any atom is 0.341 e. The number of rotatable bonds is 4. The van der Waals surface area contributed by atoms with Crippen molar-refractivity contribution in [1.29, 1.82) is 0 Å². The second-order valence-electron chi connectivity index (χ2n) is 3.76. The summed E-state index contributed by atoms with van der Waals surface area (Å²) in [5.74, 6) is -0.895. The van der Waals surface area contributed by atoms with Gasteiger partial charge in [0.25, 0.3) is 10.1 Å². The summed E-state index contributed by atoms with van der Waals surface area (Å²) in [6.45, 7) is -0.533. The number of hydrogen-bond donors (Lipinski definition) is 2. The number of carboxylic acids is 1. The molecule has 0 saturated heterocycles. The molecule has 100 valence electrons. The summed E-state index contributed by atoms with van der Waals surface area (Å²) < 4.78 is 36.7. The molecule has 6 nitrogen and oxygen atoms in total. The molecule has 19 heavy (non-hydrogen) atoms. The highest BCUT2D eigenvalue weighted by atomic mass is 32.2. The van der Waals surface area contributed by atoms with E-state index in [1.54, 1.807) is 6.07 Å². The molecular formula is C12H10O6S. The summed E-state index contributed by atoms with van der Waals surface area (Å²) in [6.07, 6.45) is 0. The zero-order chi connectivity index (χ0) is 14.0. The zero-order valence-corrected chi connectivity index (χ0v) is 10.4. The molecule has 0 atom stereocenters. The van der Waals surface area contributed by atoms with Gasteiger partial charge < -0.3 is 9.84 Å². The molecule has 2 aromatic carbocycles. The van der Waals surface area contributed by atoms with Crippen LogP contribution in [0.4, 0.5) is 0 Å². The molecule has 7 heteroatoms. The van der Waals surface area contributed by atoms with E-state index in [9.17, 15) is 13.2 Å². The van der Waals surface area contributed by atoms with E-state index in [-0.39, 0.29) is 16.0 Å². The average Bonchev–Trinajstić information content (AvgIpc) is 2.34. The van der Waals surface area contributed by atoms with Crippen LogP contribution in [0.1, 0.15) is 0 Å². The normalized spacial score (nSPS) is 11.4. The van der Waals surface area contributed by atoms with E-state index in [1.165, 1.54) is 30.3 Å². The number of ether oxygens (including phenoxy) is 1. The molecule has 0 aromatic heterocycles. The number of aliphatic carboxylic acids is 1. The molecule has 2 rings (SSSR count). The molecule has 0 saturated carbocycles. The first kappa shape index (κ1) is 13.3. The number of hydrogen-bond acceptors (Lipinski definition) is 4. The Morgan fingerprint density at radius 2 is 1.74 bits per heavy atom. The minimum atomic E-state index is -4.35. The minimum Gasteiger partial charge on any atom is -0.481 e. The highest BCUT2D eigenvalue weighted by Gasteiger charge is 2.15. The Bertz CT molecular complexity index is 735. The van der Waals surface area contributed by atoms with Gasteiger partial charge in [-0.05, 0) is 12.1 Å². The number of fused-ring (bicyclic) bond motifs is 1. The van der Waals surface area contributed by atoms with Gasteiger partial charge in [-0.25, -0.2) is 4.79 Å². The Hall–Kier alpha value is -2.12. The van der Waals surface area contributed by atoms with E-state index >= 15 is 0 Å². The van der Waals surface area contributed by atoms with Gasteiger partial charge in [0, 0.05) is 10.8 Å². The Balaban J connectivity index is 2.61.